The normalized spacial score (nSPS) is 10.7. The number of anilines is 1. The van der Waals surface area contributed by atoms with Gasteiger partial charge in [-0.3, -0.25) is 4.57 Å². The SMILES string of the molecule is CCCCc1nnc(NCc2ccc(Cl)cc2)n1Cc1ccc(-c2ccccc2C#N)cc1. The van der Waals surface area contributed by atoms with E-state index in [0.717, 1.165) is 58.3 Å². The second-order valence-electron chi connectivity index (χ2n) is 7.96. The number of hydrogen-bond donors (Lipinski definition) is 1. The second kappa shape index (κ2) is 10.8. The molecule has 166 valence electrons. The number of benzene rings is 3. The third-order valence-electron chi connectivity index (χ3n) is 5.60. The van der Waals surface area contributed by atoms with Crippen LogP contribution in [0, 0.1) is 11.3 Å². The van der Waals surface area contributed by atoms with Crippen LogP contribution in [0.4, 0.5) is 5.95 Å². The van der Waals surface area contributed by atoms with Crippen molar-refractivity contribution in [3.63, 3.8) is 0 Å². The van der Waals surface area contributed by atoms with Crippen molar-refractivity contribution in [1.29, 1.82) is 5.26 Å². The van der Waals surface area contributed by atoms with E-state index < -0.39 is 0 Å². The number of halogens is 1. The number of unbranched alkanes of at least 4 members (excludes halogenated alkanes) is 1. The molecule has 5 nitrogen and oxygen atoms in total. The summed E-state index contributed by atoms with van der Waals surface area (Å²) in [5.74, 6) is 1.74. The predicted octanol–water partition coefficient (Wildman–Crippen LogP) is 6.47. The van der Waals surface area contributed by atoms with E-state index in [1.807, 2.05) is 48.5 Å². The molecule has 0 spiro atoms. The van der Waals surface area contributed by atoms with E-state index in [1.54, 1.807) is 0 Å². The monoisotopic (exact) mass is 455 g/mol. The van der Waals surface area contributed by atoms with E-state index in [1.165, 1.54) is 0 Å². The maximum atomic E-state index is 9.40. The minimum Gasteiger partial charge on any atom is -0.350 e. The van der Waals surface area contributed by atoms with Crippen molar-refractivity contribution < 1.29 is 0 Å². The van der Waals surface area contributed by atoms with Gasteiger partial charge in [0.25, 0.3) is 0 Å². The van der Waals surface area contributed by atoms with Crippen LogP contribution in [0.1, 0.15) is 42.3 Å². The minimum atomic E-state index is 0.646. The van der Waals surface area contributed by atoms with Crippen LogP contribution in [0.2, 0.25) is 5.02 Å². The average Bonchev–Trinajstić information content (AvgIpc) is 3.24. The lowest BCUT2D eigenvalue weighted by Crippen LogP contribution is -2.11. The Labute approximate surface area is 199 Å². The number of rotatable bonds is 9. The summed E-state index contributed by atoms with van der Waals surface area (Å²) in [6, 6.07) is 26.1. The first-order valence-corrected chi connectivity index (χ1v) is 11.5. The molecule has 0 amide bonds. The van der Waals surface area contributed by atoms with E-state index in [9.17, 15) is 5.26 Å². The number of nitrogens with one attached hydrogen (secondary N) is 1. The van der Waals surface area contributed by atoms with Gasteiger partial charge in [0, 0.05) is 18.0 Å². The van der Waals surface area contributed by atoms with E-state index in [-0.39, 0.29) is 0 Å². The third-order valence-corrected chi connectivity index (χ3v) is 5.85. The summed E-state index contributed by atoms with van der Waals surface area (Å²) in [7, 11) is 0. The molecule has 4 aromatic rings. The van der Waals surface area contributed by atoms with Gasteiger partial charge in [-0.05, 0) is 46.9 Å². The van der Waals surface area contributed by atoms with Crippen LogP contribution in [0.3, 0.4) is 0 Å². The summed E-state index contributed by atoms with van der Waals surface area (Å²) < 4.78 is 2.16. The Hall–Kier alpha value is -3.62. The lowest BCUT2D eigenvalue weighted by Gasteiger charge is -2.13. The van der Waals surface area contributed by atoms with Crippen LogP contribution >= 0.6 is 11.6 Å². The number of hydrogen-bond acceptors (Lipinski definition) is 4. The number of nitrogens with zero attached hydrogens (tertiary/aromatic N) is 4. The molecule has 0 saturated heterocycles. The summed E-state index contributed by atoms with van der Waals surface area (Å²) in [5.41, 5.74) is 4.95. The zero-order valence-corrected chi connectivity index (χ0v) is 19.4. The first-order chi connectivity index (χ1) is 16.2. The van der Waals surface area contributed by atoms with E-state index in [0.29, 0.717) is 18.7 Å². The summed E-state index contributed by atoms with van der Waals surface area (Å²) in [5, 5.41) is 22.4. The highest BCUT2D eigenvalue weighted by molar-refractivity contribution is 6.30. The fraction of sp³-hybridized carbons (Fsp3) is 0.222. The maximum absolute atomic E-state index is 9.40. The fourth-order valence-corrected chi connectivity index (χ4v) is 3.87. The number of aryl methyl sites for hydroxylation is 1. The standard InChI is InChI=1S/C27H26ClN5/c1-2-3-8-26-31-32-27(30-18-20-11-15-24(28)16-12-20)33(26)19-21-9-13-22(14-10-21)25-7-5-4-6-23(25)17-29/h4-7,9-16H,2-3,8,18-19H2,1H3,(H,30,32). The molecule has 0 fully saturated rings. The van der Waals surface area contributed by atoms with Crippen molar-refractivity contribution in [2.75, 3.05) is 5.32 Å². The molecular formula is C27H26ClN5. The van der Waals surface area contributed by atoms with Crippen molar-refractivity contribution >= 4 is 17.5 Å². The average molecular weight is 456 g/mol. The molecule has 0 radical (unpaired) electrons. The maximum Gasteiger partial charge on any atom is 0.225 e. The molecule has 33 heavy (non-hydrogen) atoms. The van der Waals surface area contributed by atoms with Crippen LogP contribution < -0.4 is 5.32 Å². The topological polar surface area (TPSA) is 66.5 Å². The minimum absolute atomic E-state index is 0.646. The molecule has 1 N–H and O–H groups in total. The van der Waals surface area contributed by atoms with E-state index in [4.69, 9.17) is 11.6 Å². The van der Waals surface area contributed by atoms with E-state index >= 15 is 0 Å². The molecule has 0 unspecified atom stereocenters. The van der Waals surface area contributed by atoms with Gasteiger partial charge in [0.05, 0.1) is 18.2 Å². The molecule has 1 heterocycles. The highest BCUT2D eigenvalue weighted by Crippen LogP contribution is 2.24. The predicted molar refractivity (Wildman–Crippen MR) is 133 cm³/mol. The fourth-order valence-electron chi connectivity index (χ4n) is 3.74. The number of aromatic nitrogens is 3. The van der Waals surface area contributed by atoms with Crippen LogP contribution in [-0.4, -0.2) is 14.8 Å². The molecule has 0 bridgehead atoms. The molecule has 0 aliphatic carbocycles. The Morgan fingerprint density at radius 3 is 2.39 bits per heavy atom. The Morgan fingerprint density at radius 2 is 1.67 bits per heavy atom. The zero-order valence-electron chi connectivity index (χ0n) is 18.6. The van der Waals surface area contributed by atoms with Crippen LogP contribution in [0.5, 0.6) is 0 Å². The lowest BCUT2D eigenvalue weighted by atomic mass is 9.99. The van der Waals surface area contributed by atoms with Gasteiger partial charge in [0.2, 0.25) is 5.95 Å². The largest absolute Gasteiger partial charge is 0.350 e. The van der Waals surface area contributed by atoms with Crippen molar-refractivity contribution in [1.82, 2.24) is 14.8 Å². The molecule has 3 aromatic carbocycles. The van der Waals surface area contributed by atoms with Crippen molar-refractivity contribution in [2.24, 2.45) is 0 Å². The summed E-state index contributed by atoms with van der Waals surface area (Å²) in [6.45, 7) is 3.50. The van der Waals surface area contributed by atoms with Gasteiger partial charge >= 0.3 is 0 Å². The van der Waals surface area contributed by atoms with Crippen LogP contribution in [0.15, 0.2) is 72.8 Å². The van der Waals surface area contributed by atoms with Gasteiger partial charge < -0.3 is 5.32 Å². The van der Waals surface area contributed by atoms with Gasteiger partial charge in [-0.15, -0.1) is 10.2 Å². The third kappa shape index (κ3) is 5.60. The van der Waals surface area contributed by atoms with E-state index in [2.05, 4.69) is 57.3 Å². The van der Waals surface area contributed by atoms with Gasteiger partial charge in [0.15, 0.2) is 0 Å². The Morgan fingerprint density at radius 1 is 0.939 bits per heavy atom. The first kappa shape index (κ1) is 22.6. The molecule has 0 aliphatic heterocycles. The van der Waals surface area contributed by atoms with Gasteiger partial charge in [-0.1, -0.05) is 79.5 Å². The highest BCUT2D eigenvalue weighted by atomic mass is 35.5. The Balaban J connectivity index is 1.54. The molecule has 6 heteroatoms. The molecule has 0 saturated carbocycles. The van der Waals surface area contributed by atoms with Gasteiger partial charge in [-0.25, -0.2) is 0 Å². The molecule has 1 aromatic heterocycles. The zero-order chi connectivity index (χ0) is 23.0. The van der Waals surface area contributed by atoms with Crippen molar-refractivity contribution in [3.05, 3.63) is 100 Å². The lowest BCUT2D eigenvalue weighted by molar-refractivity contribution is 0.679. The molecule has 4 rings (SSSR count). The molecule has 0 atom stereocenters. The smallest absolute Gasteiger partial charge is 0.225 e. The Bertz CT molecular complexity index is 1240. The van der Waals surface area contributed by atoms with Crippen molar-refractivity contribution in [2.45, 2.75) is 39.3 Å². The number of nitriles is 1. The second-order valence-corrected chi connectivity index (χ2v) is 8.40. The molecule has 0 aliphatic rings. The summed E-state index contributed by atoms with van der Waals surface area (Å²) in [6.07, 6.45) is 3.06. The Kier molecular flexibility index (Phi) is 7.39. The van der Waals surface area contributed by atoms with Crippen molar-refractivity contribution in [3.8, 4) is 17.2 Å². The molecular weight excluding hydrogens is 430 g/mol. The summed E-state index contributed by atoms with van der Waals surface area (Å²) in [4.78, 5) is 0. The quantitative estimate of drug-likeness (QED) is 0.314. The van der Waals surface area contributed by atoms with Gasteiger partial charge in [0.1, 0.15) is 5.82 Å². The summed E-state index contributed by atoms with van der Waals surface area (Å²) >= 11 is 6.00. The highest BCUT2D eigenvalue weighted by Gasteiger charge is 2.13. The van der Waals surface area contributed by atoms with Crippen LogP contribution in [-0.2, 0) is 19.5 Å². The van der Waals surface area contributed by atoms with Crippen LogP contribution in [0.25, 0.3) is 11.1 Å². The first-order valence-electron chi connectivity index (χ1n) is 11.2. The van der Waals surface area contributed by atoms with Gasteiger partial charge in [-0.2, -0.15) is 5.26 Å².